The highest BCUT2D eigenvalue weighted by Crippen LogP contribution is 2.37. The summed E-state index contributed by atoms with van der Waals surface area (Å²) >= 11 is 0. The smallest absolute Gasteiger partial charge is 0.328 e. The number of ether oxygens (including phenoxy) is 2. The third kappa shape index (κ3) is 2.58. The second-order valence-corrected chi connectivity index (χ2v) is 6.52. The zero-order valence-electron chi connectivity index (χ0n) is 14.8. The van der Waals surface area contributed by atoms with E-state index in [-0.39, 0.29) is 11.9 Å². The number of hydrogen-bond acceptors (Lipinski definition) is 4. The molecule has 2 heterocycles. The van der Waals surface area contributed by atoms with Crippen LogP contribution in [0.1, 0.15) is 16.7 Å². The van der Waals surface area contributed by atoms with Crippen LogP contribution in [0.25, 0.3) is 0 Å². The quantitative estimate of drug-likeness (QED) is 0.794. The van der Waals surface area contributed by atoms with Gasteiger partial charge in [0.2, 0.25) is 0 Å². The van der Waals surface area contributed by atoms with Crippen molar-refractivity contribution in [2.45, 2.75) is 25.6 Å². The van der Waals surface area contributed by atoms with E-state index in [0.717, 1.165) is 16.7 Å². The van der Waals surface area contributed by atoms with Crippen LogP contribution in [0.4, 0.5) is 4.79 Å². The molecule has 2 aliphatic rings. The number of carbonyl (C=O) groups is 2. The molecule has 0 bridgehead atoms. The van der Waals surface area contributed by atoms with Crippen LogP contribution >= 0.6 is 0 Å². The predicted molar refractivity (Wildman–Crippen MR) is 95.0 cm³/mol. The van der Waals surface area contributed by atoms with Gasteiger partial charge in [0, 0.05) is 13.0 Å². The van der Waals surface area contributed by atoms with Gasteiger partial charge in [0.25, 0.3) is 5.91 Å². The summed E-state index contributed by atoms with van der Waals surface area (Å²) in [6.45, 7) is 0.699. The molecule has 1 saturated heterocycles. The van der Waals surface area contributed by atoms with Gasteiger partial charge < -0.3 is 14.4 Å². The molecule has 26 heavy (non-hydrogen) atoms. The highest BCUT2D eigenvalue weighted by Gasteiger charge is 2.47. The number of imide groups is 1. The lowest BCUT2D eigenvalue weighted by molar-refractivity contribution is -0.128. The molecule has 2 aromatic carbocycles. The van der Waals surface area contributed by atoms with Crippen LogP contribution in [0, 0.1) is 0 Å². The molecule has 3 amide bonds. The van der Waals surface area contributed by atoms with Crippen molar-refractivity contribution < 1.29 is 19.1 Å². The molecular formula is C20H20N2O4. The molecule has 1 fully saturated rings. The zero-order valence-corrected chi connectivity index (χ0v) is 14.8. The van der Waals surface area contributed by atoms with Crippen LogP contribution in [-0.2, 0) is 24.3 Å². The van der Waals surface area contributed by atoms with Crippen molar-refractivity contribution in [2.24, 2.45) is 0 Å². The Morgan fingerprint density at radius 1 is 1.00 bits per heavy atom. The second kappa shape index (κ2) is 6.37. The van der Waals surface area contributed by atoms with Crippen molar-refractivity contribution in [3.63, 3.8) is 0 Å². The molecule has 2 aromatic rings. The standard InChI is InChI=1S/C20H20N2O4/c1-25-17-9-14-8-16-19(23)22(11-13-6-4-3-5-7-13)20(24)21(16)12-15(14)10-18(17)26-2/h3-7,9-10,16H,8,11-12H2,1-2H3/t16-/m0/s1. The van der Waals surface area contributed by atoms with Crippen LogP contribution in [0.15, 0.2) is 42.5 Å². The average Bonchev–Trinajstić information content (AvgIpc) is 2.90. The molecule has 0 unspecified atom stereocenters. The van der Waals surface area contributed by atoms with Gasteiger partial charge in [-0.3, -0.25) is 9.69 Å². The molecular weight excluding hydrogens is 332 g/mol. The minimum atomic E-state index is -0.447. The van der Waals surface area contributed by atoms with Gasteiger partial charge in [0.05, 0.1) is 20.8 Å². The number of rotatable bonds is 4. The van der Waals surface area contributed by atoms with Gasteiger partial charge in [-0.2, -0.15) is 0 Å². The van der Waals surface area contributed by atoms with Crippen LogP contribution in [0.5, 0.6) is 11.5 Å². The average molecular weight is 352 g/mol. The number of hydrogen-bond donors (Lipinski definition) is 0. The number of amides is 3. The summed E-state index contributed by atoms with van der Waals surface area (Å²) in [4.78, 5) is 28.7. The molecule has 0 spiro atoms. The predicted octanol–water partition coefficient (Wildman–Crippen LogP) is 2.59. The highest BCUT2D eigenvalue weighted by molar-refractivity contribution is 6.04. The van der Waals surface area contributed by atoms with Crippen molar-refractivity contribution in [3.8, 4) is 11.5 Å². The Balaban J connectivity index is 1.63. The summed E-state index contributed by atoms with van der Waals surface area (Å²) in [6.07, 6.45) is 0.492. The molecule has 2 aliphatic heterocycles. The Kier molecular flexibility index (Phi) is 4.03. The summed E-state index contributed by atoms with van der Waals surface area (Å²) < 4.78 is 10.7. The zero-order chi connectivity index (χ0) is 18.3. The summed E-state index contributed by atoms with van der Waals surface area (Å²) in [6, 6.07) is 12.7. The fourth-order valence-corrected chi connectivity index (χ4v) is 3.67. The molecule has 0 aromatic heterocycles. The molecule has 0 radical (unpaired) electrons. The molecule has 4 rings (SSSR count). The third-order valence-electron chi connectivity index (χ3n) is 5.05. The lowest BCUT2D eigenvalue weighted by Gasteiger charge is -2.29. The Morgan fingerprint density at radius 3 is 2.31 bits per heavy atom. The van der Waals surface area contributed by atoms with E-state index in [1.54, 1.807) is 19.1 Å². The summed E-state index contributed by atoms with van der Waals surface area (Å²) in [5, 5.41) is 0. The molecule has 1 atom stereocenters. The van der Waals surface area contributed by atoms with E-state index in [9.17, 15) is 9.59 Å². The largest absolute Gasteiger partial charge is 0.493 e. The van der Waals surface area contributed by atoms with Crippen LogP contribution < -0.4 is 9.47 Å². The van der Waals surface area contributed by atoms with E-state index in [2.05, 4.69) is 0 Å². The minimum Gasteiger partial charge on any atom is -0.493 e. The Bertz CT molecular complexity index is 815. The minimum absolute atomic E-state index is 0.140. The first kappa shape index (κ1) is 16.4. The third-order valence-corrected chi connectivity index (χ3v) is 5.05. The normalized spacial score (nSPS) is 18.6. The van der Waals surface area contributed by atoms with Gasteiger partial charge in [0.15, 0.2) is 11.5 Å². The lowest BCUT2D eigenvalue weighted by Crippen LogP contribution is -2.40. The maximum Gasteiger partial charge on any atom is 0.328 e. The van der Waals surface area contributed by atoms with Gasteiger partial charge in [-0.05, 0) is 28.8 Å². The molecule has 0 aliphatic carbocycles. The highest BCUT2D eigenvalue weighted by atomic mass is 16.5. The number of nitrogens with zero attached hydrogens (tertiary/aromatic N) is 2. The molecule has 6 nitrogen and oxygen atoms in total. The summed E-state index contributed by atoms with van der Waals surface area (Å²) in [7, 11) is 3.17. The molecule has 0 saturated carbocycles. The maximum atomic E-state index is 12.8. The van der Waals surface area contributed by atoms with E-state index < -0.39 is 6.04 Å². The summed E-state index contributed by atoms with van der Waals surface area (Å²) in [5.74, 6) is 1.13. The van der Waals surface area contributed by atoms with Crippen molar-refractivity contribution in [3.05, 3.63) is 59.2 Å². The van der Waals surface area contributed by atoms with Crippen molar-refractivity contribution in [1.29, 1.82) is 0 Å². The van der Waals surface area contributed by atoms with Gasteiger partial charge in [-0.1, -0.05) is 30.3 Å². The fourth-order valence-electron chi connectivity index (χ4n) is 3.67. The second-order valence-electron chi connectivity index (χ2n) is 6.52. The fraction of sp³-hybridized carbons (Fsp3) is 0.300. The van der Waals surface area contributed by atoms with Gasteiger partial charge in [0.1, 0.15) is 6.04 Å². The lowest BCUT2D eigenvalue weighted by atomic mass is 9.94. The number of methoxy groups -OCH3 is 2. The molecule has 0 N–H and O–H groups in total. The first-order chi connectivity index (χ1) is 12.6. The SMILES string of the molecule is COc1cc2c(cc1OC)CN1C(=O)N(Cc3ccccc3)C(=O)[C@@H]1C2. The number of carbonyl (C=O) groups excluding carboxylic acids is 2. The first-order valence-electron chi connectivity index (χ1n) is 8.52. The van der Waals surface area contributed by atoms with E-state index in [1.807, 2.05) is 42.5 Å². The van der Waals surface area contributed by atoms with Crippen molar-refractivity contribution >= 4 is 11.9 Å². The van der Waals surface area contributed by atoms with Crippen LogP contribution in [-0.4, -0.2) is 42.0 Å². The van der Waals surface area contributed by atoms with Crippen molar-refractivity contribution in [2.75, 3.05) is 14.2 Å². The van der Waals surface area contributed by atoms with Crippen LogP contribution in [0.3, 0.4) is 0 Å². The summed E-state index contributed by atoms with van der Waals surface area (Å²) in [5.41, 5.74) is 2.95. The maximum absolute atomic E-state index is 12.8. The Morgan fingerprint density at radius 2 is 1.65 bits per heavy atom. The van der Waals surface area contributed by atoms with Crippen molar-refractivity contribution in [1.82, 2.24) is 9.80 Å². The Hall–Kier alpha value is -3.02. The van der Waals surface area contributed by atoms with Gasteiger partial charge in [-0.15, -0.1) is 0 Å². The molecule has 134 valence electrons. The monoisotopic (exact) mass is 352 g/mol. The van der Waals surface area contributed by atoms with E-state index in [1.165, 1.54) is 4.90 Å². The number of benzene rings is 2. The number of urea groups is 1. The first-order valence-corrected chi connectivity index (χ1v) is 8.52. The van der Waals surface area contributed by atoms with Crippen LogP contribution in [0.2, 0.25) is 0 Å². The van der Waals surface area contributed by atoms with Gasteiger partial charge >= 0.3 is 6.03 Å². The van der Waals surface area contributed by atoms with Gasteiger partial charge in [-0.25, -0.2) is 4.79 Å². The van der Waals surface area contributed by atoms with E-state index in [4.69, 9.17) is 9.47 Å². The number of fused-ring (bicyclic) bond motifs is 2. The molecule has 6 heteroatoms. The van der Waals surface area contributed by atoms with E-state index >= 15 is 0 Å². The topological polar surface area (TPSA) is 59.1 Å². The Labute approximate surface area is 151 Å². The van der Waals surface area contributed by atoms with E-state index in [0.29, 0.717) is 31.0 Å².